The topological polar surface area (TPSA) is 26.7 Å². The second-order valence-electron chi connectivity index (χ2n) is 4.91. The third-order valence-corrected chi connectivity index (χ3v) is 3.74. The molecule has 0 atom stereocenters. The van der Waals surface area contributed by atoms with Gasteiger partial charge in [-0.25, -0.2) is 0 Å². The van der Waals surface area contributed by atoms with Gasteiger partial charge in [0.05, 0.1) is 0 Å². The van der Waals surface area contributed by atoms with Gasteiger partial charge in [-0.2, -0.15) is 0 Å². The first-order valence-electron chi connectivity index (χ1n) is 7.00. The molecule has 0 amide bonds. The molecule has 0 aliphatic carbocycles. The van der Waals surface area contributed by atoms with E-state index in [2.05, 4.69) is 41.0 Å². The van der Waals surface area contributed by atoms with Gasteiger partial charge in [0.1, 0.15) is 0 Å². The van der Waals surface area contributed by atoms with Crippen LogP contribution in [0.1, 0.15) is 18.9 Å². The average molecular weight is 248 g/mol. The van der Waals surface area contributed by atoms with Crippen LogP contribution in [0.15, 0.2) is 24.3 Å². The monoisotopic (exact) mass is 248 g/mol. The molecule has 1 aromatic carbocycles. The largest absolute Gasteiger partial charge is 0.396 e. The average Bonchev–Trinajstić information content (AvgIpc) is 2.46. The van der Waals surface area contributed by atoms with Crippen molar-refractivity contribution in [2.45, 2.75) is 19.8 Å². The molecule has 0 radical (unpaired) electrons. The van der Waals surface area contributed by atoms with E-state index in [1.54, 1.807) is 0 Å². The highest BCUT2D eigenvalue weighted by Crippen LogP contribution is 2.17. The van der Waals surface area contributed by atoms with E-state index in [1.807, 2.05) is 0 Å². The lowest BCUT2D eigenvalue weighted by molar-refractivity contribution is 0.271. The molecule has 1 saturated heterocycles. The van der Waals surface area contributed by atoms with Gasteiger partial charge in [0, 0.05) is 38.5 Å². The molecule has 3 heteroatoms. The molecule has 1 N–H and O–H groups in total. The molecule has 1 aromatic rings. The van der Waals surface area contributed by atoms with E-state index in [4.69, 9.17) is 5.11 Å². The summed E-state index contributed by atoms with van der Waals surface area (Å²) in [5.74, 6) is 0. The predicted octanol–water partition coefficient (Wildman–Crippen LogP) is 1.75. The summed E-state index contributed by atoms with van der Waals surface area (Å²) < 4.78 is 0. The van der Waals surface area contributed by atoms with E-state index in [0.29, 0.717) is 0 Å². The zero-order valence-electron chi connectivity index (χ0n) is 11.3. The summed E-state index contributed by atoms with van der Waals surface area (Å²) in [5, 5.41) is 8.82. The molecule has 1 heterocycles. The van der Waals surface area contributed by atoms with E-state index in [-0.39, 0.29) is 6.61 Å². The second kappa shape index (κ2) is 6.76. The number of anilines is 1. The highest BCUT2D eigenvalue weighted by Gasteiger charge is 2.15. The van der Waals surface area contributed by atoms with Gasteiger partial charge in [0.15, 0.2) is 0 Å². The van der Waals surface area contributed by atoms with Crippen molar-refractivity contribution in [3.8, 4) is 0 Å². The van der Waals surface area contributed by atoms with Gasteiger partial charge >= 0.3 is 0 Å². The molecule has 0 unspecified atom stereocenters. The number of likely N-dealkylation sites (N-methyl/N-ethyl adjacent to an activating group) is 1. The van der Waals surface area contributed by atoms with Crippen molar-refractivity contribution < 1.29 is 5.11 Å². The molecule has 3 nitrogen and oxygen atoms in total. The Bertz CT molecular complexity index is 342. The van der Waals surface area contributed by atoms with Crippen LogP contribution in [0.25, 0.3) is 0 Å². The highest BCUT2D eigenvalue weighted by molar-refractivity contribution is 5.48. The minimum absolute atomic E-state index is 0.279. The van der Waals surface area contributed by atoms with E-state index in [9.17, 15) is 0 Å². The lowest BCUT2D eigenvalue weighted by atomic mass is 10.1. The SMILES string of the molecule is CCN1CCN(c2ccc(CCCO)cc2)CC1. The fourth-order valence-corrected chi connectivity index (χ4v) is 2.48. The van der Waals surface area contributed by atoms with E-state index >= 15 is 0 Å². The van der Waals surface area contributed by atoms with Gasteiger partial charge in [-0.05, 0) is 37.1 Å². The van der Waals surface area contributed by atoms with Crippen molar-refractivity contribution in [2.24, 2.45) is 0 Å². The number of hydrogen-bond acceptors (Lipinski definition) is 3. The number of rotatable bonds is 5. The van der Waals surface area contributed by atoms with E-state index < -0.39 is 0 Å². The molecule has 0 bridgehead atoms. The Kier molecular flexibility index (Phi) is 5.02. The summed E-state index contributed by atoms with van der Waals surface area (Å²) in [4.78, 5) is 4.95. The Morgan fingerprint density at radius 1 is 1.06 bits per heavy atom. The molecule has 0 aromatic heterocycles. The van der Waals surface area contributed by atoms with E-state index in [1.165, 1.54) is 24.3 Å². The number of benzene rings is 1. The fraction of sp³-hybridized carbons (Fsp3) is 0.600. The predicted molar refractivity (Wildman–Crippen MR) is 76.2 cm³/mol. The van der Waals surface area contributed by atoms with Crippen LogP contribution in [0.5, 0.6) is 0 Å². The first-order valence-corrected chi connectivity index (χ1v) is 7.00. The summed E-state index contributed by atoms with van der Waals surface area (Å²) in [6, 6.07) is 8.82. The number of aliphatic hydroxyl groups is 1. The lowest BCUT2D eigenvalue weighted by Gasteiger charge is -2.35. The second-order valence-corrected chi connectivity index (χ2v) is 4.91. The summed E-state index contributed by atoms with van der Waals surface area (Å²) in [6.07, 6.45) is 1.83. The summed E-state index contributed by atoms with van der Waals surface area (Å²) >= 11 is 0. The minimum Gasteiger partial charge on any atom is -0.396 e. The Hall–Kier alpha value is -1.06. The van der Waals surface area contributed by atoms with Gasteiger partial charge in [0.25, 0.3) is 0 Å². The van der Waals surface area contributed by atoms with Crippen LogP contribution in [0.3, 0.4) is 0 Å². The smallest absolute Gasteiger partial charge is 0.0434 e. The molecule has 18 heavy (non-hydrogen) atoms. The Morgan fingerprint density at radius 2 is 1.72 bits per heavy atom. The standard InChI is InChI=1S/C15H24N2O/c1-2-16-9-11-17(12-10-16)15-7-5-14(6-8-15)4-3-13-18/h5-8,18H,2-4,9-13H2,1H3. The van der Waals surface area contributed by atoms with Crippen molar-refractivity contribution in [3.05, 3.63) is 29.8 Å². The third kappa shape index (κ3) is 3.47. The van der Waals surface area contributed by atoms with Crippen molar-refractivity contribution in [2.75, 3.05) is 44.2 Å². The lowest BCUT2D eigenvalue weighted by Crippen LogP contribution is -2.46. The van der Waals surface area contributed by atoms with Crippen LogP contribution in [0.2, 0.25) is 0 Å². The number of nitrogens with zero attached hydrogens (tertiary/aromatic N) is 2. The molecule has 1 aliphatic heterocycles. The zero-order valence-corrected chi connectivity index (χ0v) is 11.3. The van der Waals surface area contributed by atoms with Crippen molar-refractivity contribution in [3.63, 3.8) is 0 Å². The summed E-state index contributed by atoms with van der Waals surface area (Å²) in [7, 11) is 0. The quantitative estimate of drug-likeness (QED) is 0.860. The maximum atomic E-state index is 8.82. The van der Waals surface area contributed by atoms with Crippen LogP contribution < -0.4 is 4.90 Å². The van der Waals surface area contributed by atoms with Crippen LogP contribution >= 0.6 is 0 Å². The molecule has 1 aliphatic rings. The normalized spacial score (nSPS) is 17.1. The molecular formula is C15H24N2O. The number of hydrogen-bond donors (Lipinski definition) is 1. The maximum absolute atomic E-state index is 8.82. The van der Waals surface area contributed by atoms with Crippen molar-refractivity contribution >= 4 is 5.69 Å². The first-order chi connectivity index (χ1) is 8.83. The Balaban J connectivity index is 1.89. The molecular weight excluding hydrogens is 224 g/mol. The number of piperazine rings is 1. The highest BCUT2D eigenvalue weighted by atomic mass is 16.2. The summed E-state index contributed by atoms with van der Waals surface area (Å²) in [6.45, 7) is 8.26. The van der Waals surface area contributed by atoms with Gasteiger partial charge < -0.3 is 14.9 Å². The molecule has 0 spiro atoms. The van der Waals surface area contributed by atoms with Crippen molar-refractivity contribution in [1.82, 2.24) is 4.90 Å². The zero-order chi connectivity index (χ0) is 12.8. The van der Waals surface area contributed by atoms with Gasteiger partial charge in [-0.1, -0.05) is 19.1 Å². The van der Waals surface area contributed by atoms with Gasteiger partial charge in [0.2, 0.25) is 0 Å². The molecule has 100 valence electrons. The Labute approximate surface area is 110 Å². The summed E-state index contributed by atoms with van der Waals surface area (Å²) in [5.41, 5.74) is 2.65. The van der Waals surface area contributed by atoms with E-state index in [0.717, 1.165) is 32.5 Å². The third-order valence-electron chi connectivity index (χ3n) is 3.74. The van der Waals surface area contributed by atoms with Crippen LogP contribution in [-0.4, -0.2) is 49.3 Å². The number of aliphatic hydroxyl groups excluding tert-OH is 1. The molecule has 2 rings (SSSR count). The number of aryl methyl sites for hydroxylation is 1. The Morgan fingerprint density at radius 3 is 2.28 bits per heavy atom. The molecule has 0 saturated carbocycles. The van der Waals surface area contributed by atoms with Gasteiger partial charge in [-0.15, -0.1) is 0 Å². The first kappa shape index (κ1) is 13.4. The fourth-order valence-electron chi connectivity index (χ4n) is 2.48. The minimum atomic E-state index is 0.279. The van der Waals surface area contributed by atoms with Crippen LogP contribution in [-0.2, 0) is 6.42 Å². The van der Waals surface area contributed by atoms with Gasteiger partial charge in [-0.3, -0.25) is 0 Å². The van der Waals surface area contributed by atoms with Crippen LogP contribution in [0.4, 0.5) is 5.69 Å². The maximum Gasteiger partial charge on any atom is 0.0434 e. The van der Waals surface area contributed by atoms with Crippen LogP contribution in [0, 0.1) is 0 Å². The molecule has 1 fully saturated rings. The van der Waals surface area contributed by atoms with Crippen molar-refractivity contribution in [1.29, 1.82) is 0 Å².